The van der Waals surface area contributed by atoms with Gasteiger partial charge in [-0.3, -0.25) is 0 Å². The first kappa shape index (κ1) is 20.0. The molecule has 0 heterocycles. The van der Waals surface area contributed by atoms with Crippen LogP contribution in [0.2, 0.25) is 0 Å². The first-order valence-corrected chi connectivity index (χ1v) is 9.02. The fraction of sp³-hybridized carbons (Fsp3) is 0.409. The Hall–Kier alpha value is -2.36. The summed E-state index contributed by atoms with van der Waals surface area (Å²) in [6.45, 7) is 11.4. The summed E-state index contributed by atoms with van der Waals surface area (Å²) in [6.07, 6.45) is 1.73. The summed E-state index contributed by atoms with van der Waals surface area (Å²) in [5, 5.41) is 0. The molecule has 0 radical (unpaired) electrons. The van der Waals surface area contributed by atoms with Gasteiger partial charge < -0.3 is 9.80 Å². The number of benzene rings is 2. The molecule has 2 aromatic rings. The summed E-state index contributed by atoms with van der Waals surface area (Å²) in [5.74, 6) is -0.274. The number of hydrogen-bond acceptors (Lipinski definition) is 2. The van der Waals surface area contributed by atoms with Crippen LogP contribution >= 0.6 is 0 Å². The molecule has 0 aliphatic heterocycles. The van der Waals surface area contributed by atoms with Crippen molar-refractivity contribution in [1.82, 2.24) is 4.90 Å². The molecule has 26 heavy (non-hydrogen) atoms. The van der Waals surface area contributed by atoms with E-state index in [0.29, 0.717) is 11.4 Å². The molecule has 0 spiro atoms. The van der Waals surface area contributed by atoms with Crippen molar-refractivity contribution < 1.29 is 4.39 Å². The summed E-state index contributed by atoms with van der Waals surface area (Å²) in [7, 11) is 3.83. The minimum Gasteiger partial charge on any atom is -0.366 e. The number of halogens is 1. The molecule has 0 atom stereocenters. The Morgan fingerprint density at radius 1 is 1.08 bits per heavy atom. The second-order valence-electron chi connectivity index (χ2n) is 7.76. The topological polar surface area (TPSA) is 18.8 Å². The Balaban J connectivity index is 2.30. The molecule has 0 aliphatic carbocycles. The Kier molecular flexibility index (Phi) is 6.06. The van der Waals surface area contributed by atoms with Crippen molar-refractivity contribution in [3.8, 4) is 0 Å². The zero-order chi connectivity index (χ0) is 19.5. The number of hydrogen-bond donors (Lipinski definition) is 0. The van der Waals surface area contributed by atoms with Gasteiger partial charge in [0, 0.05) is 32.4 Å². The zero-order valence-corrected chi connectivity index (χ0v) is 17.0. The van der Waals surface area contributed by atoms with Gasteiger partial charge >= 0.3 is 0 Å². The van der Waals surface area contributed by atoms with E-state index in [1.807, 2.05) is 55.9 Å². The molecule has 0 bridgehead atoms. The van der Waals surface area contributed by atoms with Crippen molar-refractivity contribution >= 4 is 23.4 Å². The third-order valence-electron chi connectivity index (χ3n) is 4.64. The highest BCUT2D eigenvalue weighted by atomic mass is 19.1. The molecular formula is C22H30FN3. The Labute approximate surface area is 157 Å². The normalized spacial score (nSPS) is 11.8. The standard InChI is InChI=1S/C22H30FN3/c1-8-25(6)15-24-20-14-19(23)21(13-16(20)2)26(7)18-11-9-17(10-12-18)22(3,4)5/h9-15H,8H2,1-7H3/b24-15-. The highest BCUT2D eigenvalue weighted by Crippen LogP contribution is 2.33. The lowest BCUT2D eigenvalue weighted by molar-refractivity contribution is 0.552. The molecular weight excluding hydrogens is 325 g/mol. The van der Waals surface area contributed by atoms with Gasteiger partial charge in [-0.15, -0.1) is 0 Å². The van der Waals surface area contributed by atoms with Gasteiger partial charge in [0.15, 0.2) is 0 Å². The van der Waals surface area contributed by atoms with Crippen molar-refractivity contribution in [3.05, 3.63) is 53.3 Å². The summed E-state index contributed by atoms with van der Waals surface area (Å²) in [4.78, 5) is 8.22. The molecule has 0 aliphatic rings. The third kappa shape index (κ3) is 4.63. The van der Waals surface area contributed by atoms with E-state index in [-0.39, 0.29) is 11.2 Å². The fourth-order valence-electron chi connectivity index (χ4n) is 2.62. The van der Waals surface area contributed by atoms with Crippen LogP contribution in [0.15, 0.2) is 41.4 Å². The first-order chi connectivity index (χ1) is 12.1. The summed E-state index contributed by atoms with van der Waals surface area (Å²) >= 11 is 0. The van der Waals surface area contributed by atoms with E-state index in [2.05, 4.69) is 37.9 Å². The molecule has 4 heteroatoms. The van der Waals surface area contributed by atoms with Gasteiger partial charge in [-0.2, -0.15) is 0 Å². The lowest BCUT2D eigenvalue weighted by Gasteiger charge is -2.24. The average Bonchev–Trinajstić information content (AvgIpc) is 2.60. The van der Waals surface area contributed by atoms with Crippen molar-refractivity contribution in [2.24, 2.45) is 4.99 Å². The van der Waals surface area contributed by atoms with Crippen LogP contribution in [-0.4, -0.2) is 31.9 Å². The maximum Gasteiger partial charge on any atom is 0.148 e. The SMILES string of the molecule is CCN(C)/C=N\c1cc(F)c(N(C)c2ccc(C(C)(C)C)cc2)cc1C. The van der Waals surface area contributed by atoms with E-state index in [1.165, 1.54) is 11.6 Å². The second-order valence-corrected chi connectivity index (χ2v) is 7.76. The average molecular weight is 356 g/mol. The van der Waals surface area contributed by atoms with Gasteiger partial charge in [0.25, 0.3) is 0 Å². The van der Waals surface area contributed by atoms with Crippen molar-refractivity contribution in [2.45, 2.75) is 40.0 Å². The van der Waals surface area contributed by atoms with Crippen LogP contribution in [0, 0.1) is 12.7 Å². The quantitative estimate of drug-likeness (QED) is 0.498. The van der Waals surface area contributed by atoms with E-state index >= 15 is 0 Å². The highest BCUT2D eigenvalue weighted by Gasteiger charge is 2.16. The molecule has 0 aromatic heterocycles. The largest absolute Gasteiger partial charge is 0.366 e. The molecule has 0 N–H and O–H groups in total. The monoisotopic (exact) mass is 355 g/mol. The molecule has 0 saturated heterocycles. The minimum absolute atomic E-state index is 0.101. The Morgan fingerprint density at radius 2 is 1.69 bits per heavy atom. The van der Waals surface area contributed by atoms with E-state index in [9.17, 15) is 4.39 Å². The second kappa shape index (κ2) is 7.90. The fourth-order valence-corrected chi connectivity index (χ4v) is 2.62. The molecule has 0 saturated carbocycles. The summed E-state index contributed by atoms with van der Waals surface area (Å²) < 4.78 is 14.7. The van der Waals surface area contributed by atoms with Gasteiger partial charge in [0.1, 0.15) is 5.82 Å². The maximum absolute atomic E-state index is 14.7. The van der Waals surface area contributed by atoms with E-state index < -0.39 is 0 Å². The van der Waals surface area contributed by atoms with Gasteiger partial charge in [0.2, 0.25) is 0 Å². The van der Waals surface area contributed by atoms with Crippen molar-refractivity contribution in [3.63, 3.8) is 0 Å². The predicted molar refractivity (Wildman–Crippen MR) is 111 cm³/mol. The lowest BCUT2D eigenvalue weighted by Crippen LogP contribution is -2.14. The zero-order valence-electron chi connectivity index (χ0n) is 17.0. The van der Waals surface area contributed by atoms with Crippen LogP contribution in [0.1, 0.15) is 38.8 Å². The van der Waals surface area contributed by atoms with Crippen molar-refractivity contribution in [2.75, 3.05) is 25.5 Å². The Morgan fingerprint density at radius 3 is 2.23 bits per heavy atom. The third-order valence-corrected chi connectivity index (χ3v) is 4.64. The van der Waals surface area contributed by atoms with Gasteiger partial charge in [-0.1, -0.05) is 32.9 Å². The molecule has 0 fully saturated rings. The van der Waals surface area contributed by atoms with Crippen LogP contribution in [-0.2, 0) is 5.41 Å². The number of aliphatic imine (C=N–C) groups is 1. The van der Waals surface area contributed by atoms with Gasteiger partial charge in [-0.25, -0.2) is 9.38 Å². The molecule has 2 aromatic carbocycles. The molecule has 0 unspecified atom stereocenters. The number of nitrogens with zero attached hydrogens (tertiary/aromatic N) is 3. The number of aryl methyl sites for hydroxylation is 1. The van der Waals surface area contributed by atoms with E-state index in [4.69, 9.17) is 0 Å². The highest BCUT2D eigenvalue weighted by molar-refractivity contribution is 5.69. The molecule has 0 amide bonds. The van der Waals surface area contributed by atoms with Gasteiger partial charge in [-0.05, 0) is 48.6 Å². The van der Waals surface area contributed by atoms with Crippen LogP contribution < -0.4 is 4.90 Å². The van der Waals surface area contributed by atoms with Crippen LogP contribution in [0.4, 0.5) is 21.5 Å². The van der Waals surface area contributed by atoms with Crippen LogP contribution in [0.5, 0.6) is 0 Å². The van der Waals surface area contributed by atoms with Crippen LogP contribution in [0.25, 0.3) is 0 Å². The van der Waals surface area contributed by atoms with Crippen LogP contribution in [0.3, 0.4) is 0 Å². The van der Waals surface area contributed by atoms with Crippen molar-refractivity contribution in [1.29, 1.82) is 0 Å². The molecule has 2 rings (SSSR count). The molecule has 3 nitrogen and oxygen atoms in total. The number of anilines is 2. The predicted octanol–water partition coefficient (Wildman–Crippen LogP) is 5.81. The maximum atomic E-state index is 14.7. The number of rotatable bonds is 5. The van der Waals surface area contributed by atoms with E-state index in [0.717, 1.165) is 17.8 Å². The van der Waals surface area contributed by atoms with E-state index in [1.54, 1.807) is 6.34 Å². The smallest absolute Gasteiger partial charge is 0.148 e. The lowest BCUT2D eigenvalue weighted by atomic mass is 9.87. The summed E-state index contributed by atoms with van der Waals surface area (Å²) in [5.41, 5.74) is 4.47. The first-order valence-electron chi connectivity index (χ1n) is 9.02. The van der Waals surface area contributed by atoms with Gasteiger partial charge in [0.05, 0.1) is 17.7 Å². The minimum atomic E-state index is -0.274. The summed E-state index contributed by atoms with van der Waals surface area (Å²) in [6, 6.07) is 11.7. The Bertz CT molecular complexity index is 773. The molecule has 140 valence electrons.